The van der Waals surface area contributed by atoms with E-state index in [0.717, 1.165) is 12.0 Å². The lowest BCUT2D eigenvalue weighted by Crippen LogP contribution is -2.01. The molecule has 1 aromatic heterocycles. The zero-order valence-corrected chi connectivity index (χ0v) is 11.6. The van der Waals surface area contributed by atoms with E-state index in [1.165, 1.54) is 0 Å². The van der Waals surface area contributed by atoms with Gasteiger partial charge in [-0.3, -0.25) is 0 Å². The number of anilines is 1. The third-order valence-corrected chi connectivity index (χ3v) is 4.15. The highest BCUT2D eigenvalue weighted by Gasteiger charge is 2.13. The van der Waals surface area contributed by atoms with E-state index in [-0.39, 0.29) is 5.22 Å². The fourth-order valence-corrected chi connectivity index (χ4v) is 2.94. The lowest BCUT2D eigenvalue weighted by atomic mass is 10.2. The first-order valence-electron chi connectivity index (χ1n) is 6.31. The number of nitrogens with zero attached hydrogens (tertiary/aromatic N) is 1. The summed E-state index contributed by atoms with van der Waals surface area (Å²) in [5.74, 6) is 0.492. The fraction of sp³-hybridized carbons (Fsp3) is 0.133. The molecule has 0 aliphatic rings. The largest absolute Gasteiger partial charge is 0.430 e. The maximum atomic E-state index is 12.2. The van der Waals surface area contributed by atoms with Crippen LogP contribution in [0, 0.1) is 0 Å². The molecule has 0 bridgehead atoms. The molecule has 1 atom stereocenters. The Bertz CT molecular complexity index is 753. The summed E-state index contributed by atoms with van der Waals surface area (Å²) in [7, 11) is -1.24. The number of fused-ring (bicyclic) bond motifs is 1. The number of aromatic nitrogens is 1. The summed E-state index contributed by atoms with van der Waals surface area (Å²) in [5.41, 5.74) is 8.70. The molecule has 0 aliphatic carbocycles. The monoisotopic (exact) mass is 286 g/mol. The van der Waals surface area contributed by atoms with Crippen molar-refractivity contribution in [3.05, 3.63) is 54.1 Å². The number of benzene rings is 2. The van der Waals surface area contributed by atoms with Crippen LogP contribution in [-0.4, -0.2) is 14.9 Å². The van der Waals surface area contributed by atoms with Gasteiger partial charge in [0.15, 0.2) is 5.58 Å². The average molecular weight is 286 g/mol. The molecular weight excluding hydrogens is 272 g/mol. The minimum atomic E-state index is -1.24. The molecule has 4 nitrogen and oxygen atoms in total. The highest BCUT2D eigenvalue weighted by molar-refractivity contribution is 7.84. The minimum Gasteiger partial charge on any atom is -0.430 e. The molecule has 0 radical (unpaired) electrons. The first kappa shape index (κ1) is 12.9. The van der Waals surface area contributed by atoms with E-state index in [2.05, 4.69) is 4.98 Å². The van der Waals surface area contributed by atoms with E-state index < -0.39 is 10.8 Å². The molecule has 0 saturated carbocycles. The quantitative estimate of drug-likeness (QED) is 0.749. The van der Waals surface area contributed by atoms with Gasteiger partial charge in [0.2, 0.25) is 0 Å². The van der Waals surface area contributed by atoms with Gasteiger partial charge in [-0.1, -0.05) is 30.3 Å². The van der Waals surface area contributed by atoms with Crippen molar-refractivity contribution in [3.8, 4) is 0 Å². The normalized spacial score (nSPS) is 12.6. The highest BCUT2D eigenvalue weighted by Crippen LogP contribution is 2.20. The Morgan fingerprint density at radius 3 is 2.75 bits per heavy atom. The SMILES string of the molecule is Nc1ccc2nc(S(=O)CCc3ccccc3)oc2c1. The van der Waals surface area contributed by atoms with E-state index >= 15 is 0 Å². The summed E-state index contributed by atoms with van der Waals surface area (Å²) in [6, 6.07) is 15.2. The van der Waals surface area contributed by atoms with Crippen LogP contribution in [0.2, 0.25) is 0 Å². The lowest BCUT2D eigenvalue weighted by molar-refractivity contribution is 0.478. The van der Waals surface area contributed by atoms with Gasteiger partial charge < -0.3 is 10.2 Å². The van der Waals surface area contributed by atoms with E-state index in [0.29, 0.717) is 22.5 Å². The van der Waals surface area contributed by atoms with Crippen LogP contribution < -0.4 is 5.73 Å². The molecule has 2 N–H and O–H groups in total. The molecule has 0 amide bonds. The van der Waals surface area contributed by atoms with Crippen molar-refractivity contribution in [2.24, 2.45) is 0 Å². The van der Waals surface area contributed by atoms with Crippen molar-refractivity contribution < 1.29 is 8.63 Å². The van der Waals surface area contributed by atoms with Crippen LogP contribution in [0.5, 0.6) is 0 Å². The molecule has 0 fully saturated rings. The summed E-state index contributed by atoms with van der Waals surface area (Å²) < 4.78 is 17.7. The first-order chi connectivity index (χ1) is 9.72. The number of rotatable bonds is 4. The molecule has 1 unspecified atom stereocenters. The molecule has 3 rings (SSSR count). The van der Waals surface area contributed by atoms with Crippen molar-refractivity contribution in [1.82, 2.24) is 4.98 Å². The van der Waals surface area contributed by atoms with Crippen molar-refractivity contribution in [2.45, 2.75) is 11.6 Å². The van der Waals surface area contributed by atoms with Crippen LogP contribution >= 0.6 is 0 Å². The molecule has 3 aromatic rings. The maximum Gasteiger partial charge on any atom is 0.287 e. The Morgan fingerprint density at radius 2 is 1.95 bits per heavy atom. The zero-order chi connectivity index (χ0) is 13.9. The number of hydrogen-bond acceptors (Lipinski definition) is 4. The molecule has 102 valence electrons. The van der Waals surface area contributed by atoms with Gasteiger partial charge in [-0.05, 0) is 24.1 Å². The number of aryl methyl sites for hydroxylation is 1. The first-order valence-corrected chi connectivity index (χ1v) is 7.62. The molecule has 5 heteroatoms. The topological polar surface area (TPSA) is 69.1 Å². The van der Waals surface area contributed by atoms with E-state index in [9.17, 15) is 4.21 Å². The molecule has 0 aliphatic heterocycles. The standard InChI is InChI=1S/C15H14N2O2S/c16-12-6-7-13-14(10-12)19-15(17-13)20(18)9-8-11-4-2-1-3-5-11/h1-7,10H,8-9,16H2. The molecule has 20 heavy (non-hydrogen) atoms. The third kappa shape index (κ3) is 2.72. The molecular formula is C15H14N2O2S. The lowest BCUT2D eigenvalue weighted by Gasteiger charge is -1.98. The van der Waals surface area contributed by atoms with E-state index in [1.807, 2.05) is 30.3 Å². The Labute approximate surface area is 119 Å². The van der Waals surface area contributed by atoms with Gasteiger partial charge in [0.25, 0.3) is 5.22 Å². The van der Waals surface area contributed by atoms with Gasteiger partial charge in [0.05, 0.1) is 0 Å². The van der Waals surface area contributed by atoms with Crippen molar-refractivity contribution in [3.63, 3.8) is 0 Å². The van der Waals surface area contributed by atoms with E-state index in [4.69, 9.17) is 10.2 Å². The van der Waals surface area contributed by atoms with Crippen molar-refractivity contribution in [1.29, 1.82) is 0 Å². The van der Waals surface area contributed by atoms with Crippen LogP contribution in [0.4, 0.5) is 5.69 Å². The minimum absolute atomic E-state index is 0.265. The summed E-state index contributed by atoms with van der Waals surface area (Å²) >= 11 is 0. The number of hydrogen-bond donors (Lipinski definition) is 1. The van der Waals surface area contributed by atoms with Crippen LogP contribution in [0.25, 0.3) is 11.1 Å². The maximum absolute atomic E-state index is 12.2. The zero-order valence-electron chi connectivity index (χ0n) is 10.8. The number of nitrogens with two attached hydrogens (primary N) is 1. The highest BCUT2D eigenvalue weighted by atomic mass is 32.2. The van der Waals surface area contributed by atoms with Crippen molar-refractivity contribution >= 4 is 27.6 Å². The summed E-state index contributed by atoms with van der Waals surface area (Å²) in [4.78, 5) is 4.24. The average Bonchev–Trinajstić information content (AvgIpc) is 2.89. The van der Waals surface area contributed by atoms with Gasteiger partial charge in [0, 0.05) is 17.5 Å². The summed E-state index contributed by atoms with van der Waals surface area (Å²) in [6.45, 7) is 0. The Hall–Kier alpha value is -2.14. The summed E-state index contributed by atoms with van der Waals surface area (Å²) in [6.07, 6.45) is 0.730. The van der Waals surface area contributed by atoms with E-state index in [1.54, 1.807) is 18.2 Å². The molecule has 1 heterocycles. The Balaban J connectivity index is 1.75. The van der Waals surface area contributed by atoms with Crippen LogP contribution in [0.1, 0.15) is 5.56 Å². The Kier molecular flexibility index (Phi) is 3.52. The molecule has 2 aromatic carbocycles. The molecule has 0 saturated heterocycles. The van der Waals surface area contributed by atoms with Crippen LogP contribution in [0.15, 0.2) is 58.2 Å². The molecule has 0 spiro atoms. The smallest absolute Gasteiger partial charge is 0.287 e. The van der Waals surface area contributed by atoms with Gasteiger partial charge in [-0.15, -0.1) is 0 Å². The second-order valence-corrected chi connectivity index (χ2v) is 5.94. The van der Waals surface area contributed by atoms with Gasteiger partial charge in [-0.25, -0.2) is 9.19 Å². The summed E-state index contributed by atoms with van der Waals surface area (Å²) in [5, 5.41) is 0.265. The third-order valence-electron chi connectivity index (χ3n) is 3.01. The van der Waals surface area contributed by atoms with Crippen LogP contribution in [-0.2, 0) is 17.2 Å². The second-order valence-electron chi connectivity index (χ2n) is 4.49. The number of oxazole rings is 1. The van der Waals surface area contributed by atoms with Gasteiger partial charge in [-0.2, -0.15) is 0 Å². The van der Waals surface area contributed by atoms with Gasteiger partial charge >= 0.3 is 0 Å². The Morgan fingerprint density at radius 1 is 1.15 bits per heavy atom. The number of nitrogen functional groups attached to an aromatic ring is 1. The van der Waals surface area contributed by atoms with Gasteiger partial charge in [0.1, 0.15) is 16.3 Å². The predicted molar refractivity (Wildman–Crippen MR) is 79.8 cm³/mol. The second kappa shape index (κ2) is 5.46. The van der Waals surface area contributed by atoms with Crippen LogP contribution in [0.3, 0.4) is 0 Å². The van der Waals surface area contributed by atoms with Crippen molar-refractivity contribution in [2.75, 3.05) is 11.5 Å². The predicted octanol–water partition coefficient (Wildman–Crippen LogP) is 2.76. The fourth-order valence-electron chi connectivity index (χ4n) is 1.96.